The Kier molecular flexibility index (Phi) is 3.58. The molecule has 1 heterocycles. The van der Waals surface area contributed by atoms with Gasteiger partial charge in [0, 0.05) is 19.8 Å². The van der Waals surface area contributed by atoms with E-state index in [4.69, 9.17) is 5.84 Å². The molecule has 0 aromatic carbocycles. The maximum Gasteiger partial charge on any atom is 0.272 e. The van der Waals surface area contributed by atoms with Gasteiger partial charge in [-0.05, 0) is 30.9 Å². The average Bonchev–Trinajstić information content (AvgIpc) is 2.32. The second-order valence-electron chi connectivity index (χ2n) is 4.56. The lowest BCUT2D eigenvalue weighted by atomic mass is 9.85. The third kappa shape index (κ3) is 2.74. The van der Waals surface area contributed by atoms with Crippen LogP contribution in [0, 0.1) is 5.92 Å². The Morgan fingerprint density at radius 2 is 2.41 bits per heavy atom. The molecule has 1 aromatic rings. The van der Waals surface area contributed by atoms with Crippen molar-refractivity contribution in [1.29, 1.82) is 0 Å². The Morgan fingerprint density at radius 1 is 1.65 bits per heavy atom. The van der Waals surface area contributed by atoms with Gasteiger partial charge in [0.05, 0.1) is 5.69 Å². The fraction of sp³-hybridized carbons (Fsp3) is 0.500. The molecule has 92 valence electrons. The molecule has 0 saturated heterocycles. The van der Waals surface area contributed by atoms with Gasteiger partial charge in [-0.2, -0.15) is 0 Å². The first-order chi connectivity index (χ1) is 8.20. The number of pyridine rings is 1. The molecule has 0 radical (unpaired) electrons. The van der Waals surface area contributed by atoms with E-state index in [1.807, 2.05) is 7.05 Å². The minimum atomic E-state index is -0.0472. The topological polar surface area (TPSA) is 71.2 Å². The molecule has 2 rings (SSSR count). The molecule has 1 amide bonds. The number of nitrogens with zero attached hydrogens (tertiary/aromatic N) is 2. The lowest BCUT2D eigenvalue weighted by molar-refractivity contribution is 0.0739. The molecule has 1 fully saturated rings. The van der Waals surface area contributed by atoms with E-state index in [1.165, 1.54) is 19.3 Å². The van der Waals surface area contributed by atoms with Gasteiger partial charge < -0.3 is 10.3 Å². The van der Waals surface area contributed by atoms with Gasteiger partial charge in [-0.1, -0.05) is 6.42 Å². The van der Waals surface area contributed by atoms with E-state index in [0.717, 1.165) is 6.54 Å². The van der Waals surface area contributed by atoms with E-state index in [2.05, 4.69) is 10.4 Å². The zero-order chi connectivity index (χ0) is 12.3. The van der Waals surface area contributed by atoms with Crippen molar-refractivity contribution >= 4 is 11.6 Å². The summed E-state index contributed by atoms with van der Waals surface area (Å²) in [5, 5.41) is 0. The average molecular weight is 234 g/mol. The van der Waals surface area contributed by atoms with Crippen LogP contribution >= 0.6 is 0 Å². The third-order valence-electron chi connectivity index (χ3n) is 3.25. The van der Waals surface area contributed by atoms with Crippen LogP contribution in [0.5, 0.6) is 0 Å². The largest absolute Gasteiger partial charge is 0.340 e. The number of amides is 1. The lowest BCUT2D eigenvalue weighted by Gasteiger charge is -2.30. The van der Waals surface area contributed by atoms with Crippen molar-refractivity contribution in [2.24, 2.45) is 11.8 Å². The van der Waals surface area contributed by atoms with Crippen LogP contribution in [-0.4, -0.2) is 29.4 Å². The van der Waals surface area contributed by atoms with Crippen LogP contribution < -0.4 is 11.3 Å². The summed E-state index contributed by atoms with van der Waals surface area (Å²) in [7, 11) is 1.82. The molecular formula is C12H18N4O. The zero-order valence-electron chi connectivity index (χ0n) is 10.0. The number of nitrogens with one attached hydrogen (secondary N) is 1. The summed E-state index contributed by atoms with van der Waals surface area (Å²) < 4.78 is 0. The normalized spacial score (nSPS) is 15.2. The molecule has 1 aromatic heterocycles. The number of hydrazine groups is 1. The van der Waals surface area contributed by atoms with Crippen molar-refractivity contribution in [1.82, 2.24) is 9.88 Å². The highest BCUT2D eigenvalue weighted by Crippen LogP contribution is 2.27. The first-order valence-electron chi connectivity index (χ1n) is 5.89. The van der Waals surface area contributed by atoms with Crippen LogP contribution in [0.4, 0.5) is 5.69 Å². The number of nitrogens with two attached hydrogens (primary N) is 1. The first-order valence-corrected chi connectivity index (χ1v) is 5.89. The zero-order valence-corrected chi connectivity index (χ0v) is 10.0. The first kappa shape index (κ1) is 11.9. The van der Waals surface area contributed by atoms with E-state index in [1.54, 1.807) is 23.2 Å². The molecule has 5 nitrogen and oxygen atoms in total. The Balaban J connectivity index is 2.01. The van der Waals surface area contributed by atoms with Gasteiger partial charge in [0.2, 0.25) is 0 Å². The number of rotatable bonds is 4. The molecule has 1 aliphatic rings. The molecule has 0 spiro atoms. The maximum absolute atomic E-state index is 12.1. The van der Waals surface area contributed by atoms with E-state index >= 15 is 0 Å². The molecular weight excluding hydrogens is 216 g/mol. The molecule has 1 aliphatic carbocycles. The Hall–Kier alpha value is -1.62. The quantitative estimate of drug-likeness (QED) is 0.607. The molecule has 0 unspecified atom stereocenters. The predicted octanol–water partition coefficient (Wildman–Crippen LogP) is 1.24. The fourth-order valence-corrected chi connectivity index (χ4v) is 1.98. The highest BCUT2D eigenvalue weighted by atomic mass is 16.2. The van der Waals surface area contributed by atoms with Gasteiger partial charge in [-0.15, -0.1) is 0 Å². The smallest absolute Gasteiger partial charge is 0.272 e. The van der Waals surface area contributed by atoms with Crippen molar-refractivity contribution in [3.8, 4) is 0 Å². The summed E-state index contributed by atoms with van der Waals surface area (Å²) in [6.45, 7) is 0.820. The number of nitrogen functional groups attached to an aromatic ring is 1. The molecule has 0 aliphatic heterocycles. The van der Waals surface area contributed by atoms with Crippen LogP contribution in [0.15, 0.2) is 18.3 Å². The van der Waals surface area contributed by atoms with Crippen LogP contribution in [0.1, 0.15) is 29.8 Å². The van der Waals surface area contributed by atoms with Gasteiger partial charge in [0.15, 0.2) is 0 Å². The highest BCUT2D eigenvalue weighted by molar-refractivity contribution is 5.92. The van der Waals surface area contributed by atoms with Gasteiger partial charge in [0.1, 0.15) is 5.69 Å². The number of hydrogen-bond acceptors (Lipinski definition) is 4. The third-order valence-corrected chi connectivity index (χ3v) is 3.25. The van der Waals surface area contributed by atoms with Gasteiger partial charge in [-0.3, -0.25) is 15.6 Å². The van der Waals surface area contributed by atoms with Crippen LogP contribution in [0.25, 0.3) is 0 Å². The SMILES string of the molecule is CN(CC1CCC1)C(=O)c1cc(NN)ccn1. The number of anilines is 1. The molecule has 0 bridgehead atoms. The Labute approximate surface area is 101 Å². The molecule has 3 N–H and O–H groups in total. The molecule has 5 heteroatoms. The highest BCUT2D eigenvalue weighted by Gasteiger charge is 2.22. The lowest BCUT2D eigenvalue weighted by Crippen LogP contribution is -2.34. The predicted molar refractivity (Wildman–Crippen MR) is 66.3 cm³/mol. The van der Waals surface area contributed by atoms with Crippen LogP contribution in [0.3, 0.4) is 0 Å². The van der Waals surface area contributed by atoms with Gasteiger partial charge >= 0.3 is 0 Å². The Bertz CT molecular complexity index is 403. The number of hydrogen-bond donors (Lipinski definition) is 2. The standard InChI is InChI=1S/C12H18N4O/c1-16(8-9-3-2-4-9)12(17)11-7-10(15-13)5-6-14-11/h5-7,9H,2-4,8,13H2,1H3,(H,14,15). The maximum atomic E-state index is 12.1. The second kappa shape index (κ2) is 5.14. The summed E-state index contributed by atoms with van der Waals surface area (Å²) in [6, 6.07) is 3.39. The Morgan fingerprint density at radius 3 is 3.00 bits per heavy atom. The monoisotopic (exact) mass is 234 g/mol. The van der Waals surface area contributed by atoms with Crippen molar-refractivity contribution < 1.29 is 4.79 Å². The van der Waals surface area contributed by atoms with Crippen molar-refractivity contribution in [2.45, 2.75) is 19.3 Å². The summed E-state index contributed by atoms with van der Waals surface area (Å²) in [6.07, 6.45) is 5.34. The van der Waals surface area contributed by atoms with E-state index in [-0.39, 0.29) is 5.91 Å². The van der Waals surface area contributed by atoms with Crippen molar-refractivity contribution in [3.63, 3.8) is 0 Å². The summed E-state index contributed by atoms with van der Waals surface area (Å²) in [5.74, 6) is 5.92. The summed E-state index contributed by atoms with van der Waals surface area (Å²) in [5.41, 5.74) is 3.64. The fourth-order valence-electron chi connectivity index (χ4n) is 1.98. The van der Waals surface area contributed by atoms with Gasteiger partial charge in [-0.25, -0.2) is 0 Å². The van der Waals surface area contributed by atoms with Crippen molar-refractivity contribution in [3.05, 3.63) is 24.0 Å². The summed E-state index contributed by atoms with van der Waals surface area (Å²) >= 11 is 0. The van der Waals surface area contributed by atoms with Crippen LogP contribution in [-0.2, 0) is 0 Å². The number of carbonyl (C=O) groups is 1. The molecule has 17 heavy (non-hydrogen) atoms. The van der Waals surface area contributed by atoms with Crippen molar-refractivity contribution in [2.75, 3.05) is 19.0 Å². The summed E-state index contributed by atoms with van der Waals surface area (Å²) in [4.78, 5) is 17.9. The van der Waals surface area contributed by atoms with Crippen LogP contribution in [0.2, 0.25) is 0 Å². The number of carbonyl (C=O) groups excluding carboxylic acids is 1. The van der Waals surface area contributed by atoms with E-state index in [0.29, 0.717) is 17.3 Å². The minimum absolute atomic E-state index is 0.0472. The van der Waals surface area contributed by atoms with Gasteiger partial charge in [0.25, 0.3) is 5.91 Å². The second-order valence-corrected chi connectivity index (χ2v) is 4.56. The van der Waals surface area contributed by atoms with E-state index < -0.39 is 0 Å². The minimum Gasteiger partial charge on any atom is -0.340 e. The molecule has 0 atom stereocenters. The molecule has 1 saturated carbocycles. The van der Waals surface area contributed by atoms with E-state index in [9.17, 15) is 4.79 Å². The number of aromatic nitrogens is 1.